The Morgan fingerprint density at radius 2 is 1.59 bits per heavy atom. The first-order chi connectivity index (χ1) is 16.6. The number of nitrogens with zero attached hydrogens (tertiary/aromatic N) is 1. The molecule has 1 N–H and O–H groups in total. The van der Waals surface area contributed by atoms with Crippen molar-refractivity contribution in [2.75, 3.05) is 0 Å². The lowest BCUT2D eigenvalue weighted by Crippen LogP contribution is -2.22. The Morgan fingerprint density at radius 3 is 2.41 bits per heavy atom. The summed E-state index contributed by atoms with van der Waals surface area (Å²) in [5, 5.41) is 4.09. The Labute approximate surface area is 195 Å². The number of carbonyl (C=O) groups is 2. The highest BCUT2D eigenvalue weighted by molar-refractivity contribution is 6.50. The van der Waals surface area contributed by atoms with E-state index in [0.717, 1.165) is 21.9 Å². The minimum Gasteiger partial charge on any atom is -0.489 e. The van der Waals surface area contributed by atoms with Crippen LogP contribution in [0.5, 0.6) is 5.75 Å². The number of rotatable bonds is 5. The summed E-state index contributed by atoms with van der Waals surface area (Å²) in [6.07, 6.45) is 3.42. The van der Waals surface area contributed by atoms with Crippen LogP contribution in [0.2, 0.25) is 0 Å². The molecule has 3 aromatic carbocycles. The van der Waals surface area contributed by atoms with Crippen molar-refractivity contribution < 1.29 is 18.7 Å². The summed E-state index contributed by atoms with van der Waals surface area (Å²) in [6, 6.07) is 23.2. The van der Waals surface area contributed by atoms with Gasteiger partial charge in [0.1, 0.15) is 17.9 Å². The number of hydrogen-bond donors (Lipinski definition) is 1. The molecule has 166 valence electrons. The molecule has 1 aliphatic heterocycles. The number of aromatic nitrogens is 1. The molecule has 0 atom stereocenters. The predicted octanol–water partition coefficient (Wildman–Crippen LogP) is 5.07. The molecule has 2 aromatic heterocycles. The number of furan rings is 1. The third-order valence-corrected chi connectivity index (χ3v) is 6.16. The first-order valence-electron chi connectivity index (χ1n) is 10.9. The van der Waals surface area contributed by atoms with Gasteiger partial charge in [0.25, 0.3) is 11.8 Å². The van der Waals surface area contributed by atoms with Crippen molar-refractivity contribution in [3.05, 3.63) is 102 Å². The van der Waals surface area contributed by atoms with Gasteiger partial charge in [-0.1, -0.05) is 48.5 Å². The molecular weight excluding hydrogens is 428 g/mol. The summed E-state index contributed by atoms with van der Waals surface area (Å²) in [7, 11) is 1.92. The molecule has 0 fully saturated rings. The van der Waals surface area contributed by atoms with E-state index in [0.29, 0.717) is 40.2 Å². The number of imide groups is 1. The summed E-state index contributed by atoms with van der Waals surface area (Å²) in [4.78, 5) is 25.9. The lowest BCUT2D eigenvalue weighted by atomic mass is 9.95. The van der Waals surface area contributed by atoms with Gasteiger partial charge in [0.15, 0.2) is 0 Å². The standard InChI is InChI=1S/C28H20N2O4/c1-30-14-21(20-13-18(11-12-23(20)30)33-15-17-7-3-2-4-8-17)25-26(28(32)29-27(25)31)22-16-34-24-10-6-5-9-19(22)24/h2-14,16H,15H2,1H3,(H,29,31,32). The number of para-hydroxylation sites is 1. The summed E-state index contributed by atoms with van der Waals surface area (Å²) in [5.41, 5.74) is 4.58. The first kappa shape index (κ1) is 20.1. The lowest BCUT2D eigenvalue weighted by Gasteiger charge is -2.08. The molecule has 1 aliphatic rings. The molecule has 0 radical (unpaired) electrons. The molecule has 5 aromatic rings. The molecule has 0 aliphatic carbocycles. The highest BCUT2D eigenvalue weighted by atomic mass is 16.5. The van der Waals surface area contributed by atoms with Gasteiger partial charge in [-0.15, -0.1) is 0 Å². The van der Waals surface area contributed by atoms with Crippen molar-refractivity contribution in [2.45, 2.75) is 6.61 Å². The quantitative estimate of drug-likeness (QED) is 0.381. The van der Waals surface area contributed by atoms with E-state index < -0.39 is 11.8 Å². The van der Waals surface area contributed by atoms with Crippen LogP contribution in [0, 0.1) is 0 Å². The Bertz CT molecular complexity index is 1620. The van der Waals surface area contributed by atoms with Gasteiger partial charge in [-0.3, -0.25) is 14.9 Å². The molecule has 2 amide bonds. The number of hydrogen-bond acceptors (Lipinski definition) is 4. The van der Waals surface area contributed by atoms with Gasteiger partial charge in [-0.25, -0.2) is 0 Å². The molecule has 0 saturated heterocycles. The molecule has 0 unspecified atom stereocenters. The van der Waals surface area contributed by atoms with Crippen molar-refractivity contribution in [3.63, 3.8) is 0 Å². The third kappa shape index (κ3) is 3.19. The minimum absolute atomic E-state index is 0.318. The minimum atomic E-state index is -0.431. The van der Waals surface area contributed by atoms with Gasteiger partial charge in [-0.2, -0.15) is 0 Å². The van der Waals surface area contributed by atoms with E-state index in [1.54, 1.807) is 0 Å². The van der Waals surface area contributed by atoms with Gasteiger partial charge in [0.2, 0.25) is 0 Å². The number of benzene rings is 3. The van der Waals surface area contributed by atoms with Crippen LogP contribution in [-0.4, -0.2) is 16.4 Å². The van der Waals surface area contributed by atoms with Crippen LogP contribution < -0.4 is 10.1 Å². The Balaban J connectivity index is 1.49. The number of aryl methyl sites for hydroxylation is 1. The van der Waals surface area contributed by atoms with E-state index in [1.807, 2.05) is 90.6 Å². The van der Waals surface area contributed by atoms with Crippen molar-refractivity contribution in [1.82, 2.24) is 9.88 Å². The van der Waals surface area contributed by atoms with Crippen molar-refractivity contribution in [2.24, 2.45) is 7.05 Å². The fourth-order valence-electron chi connectivity index (χ4n) is 4.54. The van der Waals surface area contributed by atoms with Crippen molar-refractivity contribution in [1.29, 1.82) is 0 Å². The normalized spacial score (nSPS) is 13.8. The maximum Gasteiger partial charge on any atom is 0.259 e. The van der Waals surface area contributed by atoms with Crippen LogP contribution in [0.25, 0.3) is 33.0 Å². The fraction of sp³-hybridized carbons (Fsp3) is 0.0714. The van der Waals surface area contributed by atoms with E-state index in [2.05, 4.69) is 5.32 Å². The maximum atomic E-state index is 13.0. The molecule has 3 heterocycles. The van der Waals surface area contributed by atoms with Crippen LogP contribution in [0.4, 0.5) is 0 Å². The maximum absolute atomic E-state index is 13.0. The summed E-state index contributed by atoms with van der Waals surface area (Å²) in [5.74, 6) is -0.169. The molecule has 0 saturated carbocycles. The number of carbonyl (C=O) groups excluding carboxylic acids is 2. The second-order valence-electron chi connectivity index (χ2n) is 8.29. The van der Waals surface area contributed by atoms with E-state index in [1.165, 1.54) is 6.26 Å². The average molecular weight is 448 g/mol. The van der Waals surface area contributed by atoms with Gasteiger partial charge >= 0.3 is 0 Å². The highest BCUT2D eigenvalue weighted by Gasteiger charge is 2.35. The zero-order valence-corrected chi connectivity index (χ0v) is 18.4. The second kappa shape index (κ2) is 7.78. The second-order valence-corrected chi connectivity index (χ2v) is 8.29. The average Bonchev–Trinajstić information content (AvgIpc) is 3.51. The summed E-state index contributed by atoms with van der Waals surface area (Å²) >= 11 is 0. The van der Waals surface area contributed by atoms with Crippen molar-refractivity contribution in [3.8, 4) is 5.75 Å². The molecule has 0 spiro atoms. The van der Waals surface area contributed by atoms with Crippen molar-refractivity contribution >= 4 is 44.8 Å². The number of nitrogens with one attached hydrogen (secondary N) is 1. The van der Waals surface area contributed by atoms with E-state index in [4.69, 9.17) is 9.15 Å². The predicted molar refractivity (Wildman–Crippen MR) is 130 cm³/mol. The SMILES string of the molecule is Cn1cc(C2=C(c3coc4ccccc34)C(=O)NC2=O)c2cc(OCc3ccccc3)ccc21. The molecule has 34 heavy (non-hydrogen) atoms. The lowest BCUT2D eigenvalue weighted by molar-refractivity contribution is -0.122. The molecule has 0 bridgehead atoms. The summed E-state index contributed by atoms with van der Waals surface area (Å²) < 4.78 is 13.6. The van der Waals surface area contributed by atoms with E-state index in [-0.39, 0.29) is 0 Å². The topological polar surface area (TPSA) is 73.5 Å². The zero-order chi connectivity index (χ0) is 23.2. The highest BCUT2D eigenvalue weighted by Crippen LogP contribution is 2.39. The molecule has 6 heteroatoms. The molecular formula is C28H20N2O4. The number of ether oxygens (including phenoxy) is 1. The monoisotopic (exact) mass is 448 g/mol. The molecule has 6 rings (SSSR count). The van der Waals surface area contributed by atoms with Gasteiger partial charge in [0.05, 0.1) is 17.4 Å². The van der Waals surface area contributed by atoms with Gasteiger partial charge < -0.3 is 13.7 Å². The van der Waals surface area contributed by atoms with E-state index >= 15 is 0 Å². The van der Waals surface area contributed by atoms with Gasteiger partial charge in [-0.05, 0) is 29.8 Å². The van der Waals surface area contributed by atoms with Crippen LogP contribution >= 0.6 is 0 Å². The zero-order valence-electron chi connectivity index (χ0n) is 18.4. The third-order valence-electron chi connectivity index (χ3n) is 6.16. The van der Waals surface area contributed by atoms with Gasteiger partial charge in [0, 0.05) is 40.7 Å². The summed E-state index contributed by atoms with van der Waals surface area (Å²) in [6.45, 7) is 0.433. The number of amides is 2. The smallest absolute Gasteiger partial charge is 0.259 e. The first-order valence-corrected chi connectivity index (χ1v) is 10.9. The van der Waals surface area contributed by atoms with Crippen LogP contribution in [0.1, 0.15) is 16.7 Å². The van der Waals surface area contributed by atoms with Crippen LogP contribution in [0.3, 0.4) is 0 Å². The van der Waals surface area contributed by atoms with Crippen LogP contribution in [0.15, 0.2) is 89.7 Å². The van der Waals surface area contributed by atoms with E-state index in [9.17, 15) is 9.59 Å². The fourth-order valence-corrected chi connectivity index (χ4v) is 4.54. The van der Waals surface area contributed by atoms with Crippen LogP contribution in [-0.2, 0) is 23.2 Å². The number of fused-ring (bicyclic) bond motifs is 2. The largest absolute Gasteiger partial charge is 0.489 e. The Morgan fingerprint density at radius 1 is 0.853 bits per heavy atom. The molecule has 6 nitrogen and oxygen atoms in total. The Hall–Kier alpha value is -4.58. The Kier molecular flexibility index (Phi) is 4.59.